The van der Waals surface area contributed by atoms with Gasteiger partial charge in [-0.05, 0) is 52.3 Å². The number of benzene rings is 2. The van der Waals surface area contributed by atoms with E-state index in [1.807, 2.05) is 12.1 Å². The number of methoxy groups -OCH3 is 1. The summed E-state index contributed by atoms with van der Waals surface area (Å²) in [6.45, 7) is 0. The van der Waals surface area contributed by atoms with Crippen LogP contribution in [0.3, 0.4) is 0 Å². The minimum atomic E-state index is -0.327. The number of rotatable bonds is 4. The Labute approximate surface area is 160 Å². The first kappa shape index (κ1) is 18.3. The molecule has 7 heteroatoms. The monoisotopic (exact) mass is 477 g/mol. The molecule has 0 heterocycles. The van der Waals surface area contributed by atoms with Crippen molar-refractivity contribution in [2.24, 2.45) is 0 Å². The molecule has 0 aliphatic carbocycles. The second kappa shape index (κ2) is 8.20. The van der Waals surface area contributed by atoms with E-state index in [-0.39, 0.29) is 5.91 Å². The Morgan fingerprint density at radius 2 is 1.96 bits per heavy atom. The van der Waals surface area contributed by atoms with Crippen molar-refractivity contribution >= 4 is 72.7 Å². The molecule has 0 bridgehead atoms. The molecule has 0 spiro atoms. The minimum Gasteiger partial charge on any atom is -0.495 e. The Morgan fingerprint density at radius 1 is 1.22 bits per heavy atom. The van der Waals surface area contributed by atoms with E-state index in [1.165, 1.54) is 6.08 Å². The fourth-order valence-corrected chi connectivity index (χ4v) is 3.61. The topological polar surface area (TPSA) is 38.3 Å². The molecule has 120 valence electrons. The number of hydrogen-bond acceptors (Lipinski definition) is 2. The molecular formula is C16H11Br2Cl2NO2. The third kappa shape index (κ3) is 4.98. The molecule has 0 aliphatic heterocycles. The molecular weight excluding hydrogens is 469 g/mol. The molecule has 0 atom stereocenters. The van der Waals surface area contributed by atoms with Crippen LogP contribution in [0.2, 0.25) is 10.0 Å². The molecule has 2 aromatic rings. The van der Waals surface area contributed by atoms with E-state index in [2.05, 4.69) is 37.2 Å². The molecule has 0 aromatic heterocycles. The highest BCUT2D eigenvalue weighted by atomic mass is 79.9. The molecule has 0 fully saturated rings. The van der Waals surface area contributed by atoms with Crippen LogP contribution in [0.4, 0.5) is 5.69 Å². The van der Waals surface area contributed by atoms with Gasteiger partial charge in [0.05, 0.1) is 22.3 Å². The maximum Gasteiger partial charge on any atom is 0.248 e. The van der Waals surface area contributed by atoms with Crippen LogP contribution in [0.1, 0.15) is 5.56 Å². The normalized spacial score (nSPS) is 10.8. The molecule has 0 saturated carbocycles. The quantitative estimate of drug-likeness (QED) is 0.532. The highest BCUT2D eigenvalue weighted by molar-refractivity contribution is 9.11. The average Bonchev–Trinajstić information content (AvgIpc) is 2.48. The molecule has 0 saturated heterocycles. The van der Waals surface area contributed by atoms with E-state index in [1.54, 1.807) is 31.4 Å². The van der Waals surface area contributed by atoms with E-state index >= 15 is 0 Å². The first-order valence-corrected chi connectivity index (χ1v) is 8.72. The molecule has 1 amide bonds. The fourth-order valence-electron chi connectivity index (χ4n) is 1.85. The number of ether oxygens (including phenoxy) is 1. The van der Waals surface area contributed by atoms with Gasteiger partial charge in [-0.15, -0.1) is 0 Å². The number of halogens is 4. The zero-order valence-electron chi connectivity index (χ0n) is 11.9. The molecule has 23 heavy (non-hydrogen) atoms. The van der Waals surface area contributed by atoms with Crippen LogP contribution in [0, 0.1) is 0 Å². The number of anilines is 1. The number of carbonyl (C=O) groups is 1. The van der Waals surface area contributed by atoms with E-state index < -0.39 is 0 Å². The summed E-state index contributed by atoms with van der Waals surface area (Å²) in [5, 5.41) is 3.59. The highest BCUT2D eigenvalue weighted by Crippen LogP contribution is 2.33. The van der Waals surface area contributed by atoms with Crippen molar-refractivity contribution in [3.8, 4) is 5.75 Å². The Balaban J connectivity index is 2.20. The Kier molecular flexibility index (Phi) is 6.53. The Hall–Kier alpha value is -1.01. The van der Waals surface area contributed by atoms with Crippen LogP contribution in [-0.2, 0) is 4.79 Å². The molecule has 1 N–H and O–H groups in total. The van der Waals surface area contributed by atoms with Gasteiger partial charge < -0.3 is 10.1 Å². The molecule has 0 unspecified atom stereocenters. The maximum atomic E-state index is 12.1. The summed E-state index contributed by atoms with van der Waals surface area (Å²) >= 11 is 18.7. The molecule has 0 aliphatic rings. The van der Waals surface area contributed by atoms with Gasteiger partial charge in [-0.2, -0.15) is 0 Å². The first-order valence-electron chi connectivity index (χ1n) is 6.38. The van der Waals surface area contributed by atoms with Crippen molar-refractivity contribution in [3.63, 3.8) is 0 Å². The van der Waals surface area contributed by atoms with E-state index in [0.29, 0.717) is 21.5 Å². The van der Waals surface area contributed by atoms with Crippen LogP contribution in [0.25, 0.3) is 6.08 Å². The number of nitrogens with one attached hydrogen (secondary N) is 1. The standard InChI is InChI=1S/C16H11Br2Cl2NO2/c1-23-16-9(6-10(17)7-12(16)18)2-5-15(22)21-14-8-11(19)3-4-13(14)20/h2-8H,1H3,(H,21,22)/b5-2+. The lowest BCUT2D eigenvalue weighted by molar-refractivity contribution is -0.111. The van der Waals surface area contributed by atoms with Crippen molar-refractivity contribution in [1.29, 1.82) is 0 Å². The average molecular weight is 480 g/mol. The van der Waals surface area contributed by atoms with Crippen LogP contribution in [0.5, 0.6) is 5.75 Å². The maximum absolute atomic E-state index is 12.1. The number of amides is 1. The van der Waals surface area contributed by atoms with Gasteiger partial charge in [0.25, 0.3) is 0 Å². The number of hydrogen-bond donors (Lipinski definition) is 1. The van der Waals surface area contributed by atoms with Crippen molar-refractivity contribution in [1.82, 2.24) is 0 Å². The van der Waals surface area contributed by atoms with Crippen LogP contribution in [0.15, 0.2) is 45.4 Å². The van der Waals surface area contributed by atoms with E-state index in [9.17, 15) is 4.79 Å². The van der Waals surface area contributed by atoms with E-state index in [4.69, 9.17) is 27.9 Å². The lowest BCUT2D eigenvalue weighted by Gasteiger charge is -2.08. The predicted molar refractivity (Wildman–Crippen MR) is 103 cm³/mol. The summed E-state index contributed by atoms with van der Waals surface area (Å²) in [5.74, 6) is 0.311. The summed E-state index contributed by atoms with van der Waals surface area (Å²) in [5.41, 5.74) is 1.21. The lowest BCUT2D eigenvalue weighted by atomic mass is 10.2. The van der Waals surface area contributed by atoms with Crippen LogP contribution < -0.4 is 10.1 Å². The zero-order chi connectivity index (χ0) is 17.0. The van der Waals surface area contributed by atoms with Crippen molar-refractivity contribution in [2.45, 2.75) is 0 Å². The molecule has 0 radical (unpaired) electrons. The Bertz CT molecular complexity index is 779. The van der Waals surface area contributed by atoms with Gasteiger partial charge >= 0.3 is 0 Å². The van der Waals surface area contributed by atoms with Gasteiger partial charge in [-0.3, -0.25) is 4.79 Å². The molecule has 2 rings (SSSR count). The number of carbonyl (C=O) groups excluding carboxylic acids is 1. The van der Waals surface area contributed by atoms with Crippen LogP contribution in [-0.4, -0.2) is 13.0 Å². The van der Waals surface area contributed by atoms with Gasteiger partial charge in [-0.25, -0.2) is 0 Å². The summed E-state index contributed by atoms with van der Waals surface area (Å²) in [6, 6.07) is 8.57. The van der Waals surface area contributed by atoms with Gasteiger partial charge in [0.15, 0.2) is 0 Å². The van der Waals surface area contributed by atoms with E-state index in [0.717, 1.165) is 14.5 Å². The lowest BCUT2D eigenvalue weighted by Crippen LogP contribution is -2.08. The second-order valence-electron chi connectivity index (χ2n) is 4.46. The predicted octanol–water partition coefficient (Wildman–Crippen LogP) is 6.18. The van der Waals surface area contributed by atoms with Gasteiger partial charge in [0.1, 0.15) is 5.75 Å². The first-order chi connectivity index (χ1) is 10.9. The second-order valence-corrected chi connectivity index (χ2v) is 7.07. The smallest absolute Gasteiger partial charge is 0.248 e. The highest BCUT2D eigenvalue weighted by Gasteiger charge is 2.08. The molecule has 3 nitrogen and oxygen atoms in total. The SMILES string of the molecule is COc1c(Br)cc(Br)cc1/C=C/C(=O)Nc1cc(Cl)ccc1Cl. The third-order valence-corrected chi connectivity index (χ3v) is 4.45. The van der Waals surface area contributed by atoms with Gasteiger partial charge in [-0.1, -0.05) is 39.1 Å². The zero-order valence-corrected chi connectivity index (χ0v) is 16.6. The minimum absolute atomic E-state index is 0.327. The largest absolute Gasteiger partial charge is 0.495 e. The van der Waals surface area contributed by atoms with Crippen molar-refractivity contribution in [2.75, 3.05) is 12.4 Å². The van der Waals surface area contributed by atoms with Crippen molar-refractivity contribution < 1.29 is 9.53 Å². The van der Waals surface area contributed by atoms with Crippen LogP contribution >= 0.6 is 55.1 Å². The fraction of sp³-hybridized carbons (Fsp3) is 0.0625. The molecule has 2 aromatic carbocycles. The summed E-state index contributed by atoms with van der Waals surface area (Å²) in [4.78, 5) is 12.1. The van der Waals surface area contributed by atoms with Gasteiger partial charge in [0, 0.05) is 21.1 Å². The summed E-state index contributed by atoms with van der Waals surface area (Å²) in [6.07, 6.45) is 3.05. The Morgan fingerprint density at radius 3 is 2.65 bits per heavy atom. The van der Waals surface area contributed by atoms with Crippen molar-refractivity contribution in [3.05, 3.63) is 61.0 Å². The third-order valence-electron chi connectivity index (χ3n) is 2.84. The summed E-state index contributed by atoms with van der Waals surface area (Å²) in [7, 11) is 1.57. The van der Waals surface area contributed by atoms with Gasteiger partial charge in [0.2, 0.25) is 5.91 Å². The summed E-state index contributed by atoms with van der Waals surface area (Å²) < 4.78 is 6.98.